The summed E-state index contributed by atoms with van der Waals surface area (Å²) >= 11 is 0. The average molecular weight is 422 g/mol. The van der Waals surface area contributed by atoms with Crippen LogP contribution in [0.3, 0.4) is 0 Å². The van der Waals surface area contributed by atoms with Crippen LogP contribution in [-0.2, 0) is 11.8 Å². The molecule has 164 valence electrons. The second-order valence-corrected chi connectivity index (χ2v) is 9.05. The quantitative estimate of drug-likeness (QED) is 0.652. The van der Waals surface area contributed by atoms with Crippen LogP contribution in [0.4, 0.5) is 0 Å². The summed E-state index contributed by atoms with van der Waals surface area (Å²) in [5.74, 6) is 0.0878. The zero-order valence-electron chi connectivity index (χ0n) is 18.5. The van der Waals surface area contributed by atoms with Gasteiger partial charge in [-0.25, -0.2) is 4.68 Å². The van der Waals surface area contributed by atoms with E-state index in [4.69, 9.17) is 0 Å². The fourth-order valence-corrected chi connectivity index (χ4v) is 5.52. The fraction of sp³-hybridized carbons (Fsp3) is 0.542. The zero-order valence-corrected chi connectivity index (χ0v) is 18.5. The number of para-hydroxylation sites is 1. The Morgan fingerprint density at radius 3 is 2.48 bits per heavy atom. The van der Waals surface area contributed by atoms with Crippen LogP contribution in [0.1, 0.15) is 45.1 Å². The predicted molar refractivity (Wildman–Crippen MR) is 122 cm³/mol. The van der Waals surface area contributed by atoms with Crippen LogP contribution in [0.2, 0.25) is 0 Å². The van der Waals surface area contributed by atoms with Gasteiger partial charge >= 0.3 is 0 Å². The second-order valence-electron chi connectivity index (χ2n) is 9.05. The molecule has 0 radical (unpaired) electrons. The molecule has 2 fully saturated rings. The van der Waals surface area contributed by atoms with Gasteiger partial charge in [0.15, 0.2) is 0 Å². The van der Waals surface area contributed by atoms with Crippen LogP contribution >= 0.6 is 0 Å². The van der Waals surface area contributed by atoms with E-state index in [-0.39, 0.29) is 11.5 Å². The Morgan fingerprint density at radius 1 is 1.03 bits per heavy atom. The molecule has 1 atom stereocenters. The van der Waals surface area contributed by atoms with Crippen LogP contribution in [0.25, 0.3) is 21.8 Å². The molecule has 3 aromatic rings. The zero-order chi connectivity index (χ0) is 21.5. The highest BCUT2D eigenvalue weighted by molar-refractivity contribution is 6.08. The highest BCUT2D eigenvalue weighted by atomic mass is 16.2. The molecule has 1 saturated carbocycles. The number of benzene rings is 1. The molecule has 1 amide bonds. The first-order valence-electron chi connectivity index (χ1n) is 11.5. The van der Waals surface area contributed by atoms with Gasteiger partial charge in [0.1, 0.15) is 11.6 Å². The summed E-state index contributed by atoms with van der Waals surface area (Å²) in [5, 5.41) is 5.98. The highest BCUT2D eigenvalue weighted by Gasteiger charge is 2.31. The van der Waals surface area contributed by atoms with E-state index in [0.29, 0.717) is 11.6 Å². The SMILES string of the molecule is CC(C(=O)N1CCN(C2CCCCC2)CC1)n1c2ccccc2c2cnn(C)c(=O)c21. The van der Waals surface area contributed by atoms with Crippen molar-refractivity contribution in [1.82, 2.24) is 24.1 Å². The largest absolute Gasteiger partial charge is 0.338 e. The summed E-state index contributed by atoms with van der Waals surface area (Å²) < 4.78 is 3.27. The van der Waals surface area contributed by atoms with E-state index in [1.54, 1.807) is 13.2 Å². The number of piperazine rings is 1. The standard InChI is InChI=1S/C24H31N5O2/c1-17(23(30)28-14-12-27(13-15-28)18-8-4-3-5-9-18)29-21-11-7-6-10-19(21)20-16-25-26(2)24(31)22(20)29/h6-7,10-11,16-18H,3-5,8-9,12-15H2,1-2H3. The summed E-state index contributed by atoms with van der Waals surface area (Å²) in [5.41, 5.74) is 1.29. The van der Waals surface area contributed by atoms with Crippen LogP contribution < -0.4 is 5.56 Å². The molecule has 1 aliphatic heterocycles. The summed E-state index contributed by atoms with van der Waals surface area (Å²) in [7, 11) is 1.65. The average Bonchev–Trinajstić information content (AvgIpc) is 3.16. The molecule has 31 heavy (non-hydrogen) atoms. The number of fused-ring (bicyclic) bond motifs is 3. The molecular weight excluding hydrogens is 390 g/mol. The van der Waals surface area contributed by atoms with Crippen LogP contribution in [0.5, 0.6) is 0 Å². The molecule has 1 unspecified atom stereocenters. The number of hydrogen-bond donors (Lipinski definition) is 0. The Hall–Kier alpha value is -2.67. The first-order valence-corrected chi connectivity index (χ1v) is 11.5. The minimum atomic E-state index is -0.446. The molecule has 1 saturated heterocycles. The molecule has 1 aromatic carbocycles. The molecule has 7 nitrogen and oxygen atoms in total. The van der Waals surface area contributed by atoms with Gasteiger partial charge in [-0.15, -0.1) is 0 Å². The number of hydrogen-bond acceptors (Lipinski definition) is 4. The lowest BCUT2D eigenvalue weighted by Gasteiger charge is -2.41. The second kappa shape index (κ2) is 8.11. The Bertz CT molecular complexity index is 1170. The van der Waals surface area contributed by atoms with Crippen molar-refractivity contribution in [3.8, 4) is 0 Å². The summed E-state index contributed by atoms with van der Waals surface area (Å²) in [6, 6.07) is 8.14. The van der Waals surface area contributed by atoms with E-state index in [9.17, 15) is 9.59 Å². The Morgan fingerprint density at radius 2 is 1.74 bits per heavy atom. The number of amides is 1. The lowest BCUT2D eigenvalue weighted by Crippen LogP contribution is -2.53. The number of rotatable bonds is 3. The maximum absolute atomic E-state index is 13.5. The number of carbonyl (C=O) groups excluding carboxylic acids is 1. The smallest absolute Gasteiger partial charge is 0.291 e. The third-order valence-electron chi connectivity index (χ3n) is 7.27. The maximum atomic E-state index is 13.5. The molecular formula is C24H31N5O2. The van der Waals surface area contributed by atoms with Gasteiger partial charge in [-0.1, -0.05) is 37.5 Å². The van der Waals surface area contributed by atoms with Gasteiger partial charge in [-0.05, 0) is 25.8 Å². The van der Waals surface area contributed by atoms with E-state index in [0.717, 1.165) is 42.5 Å². The Kier molecular flexibility index (Phi) is 5.30. The molecule has 1 aliphatic carbocycles. The van der Waals surface area contributed by atoms with Crippen molar-refractivity contribution in [2.45, 2.75) is 51.1 Å². The number of nitrogens with zero attached hydrogens (tertiary/aromatic N) is 5. The molecule has 5 rings (SSSR count). The molecule has 0 spiro atoms. The predicted octanol–water partition coefficient (Wildman–Crippen LogP) is 2.93. The van der Waals surface area contributed by atoms with Gasteiger partial charge in [-0.2, -0.15) is 5.10 Å². The van der Waals surface area contributed by atoms with Gasteiger partial charge in [0.05, 0.1) is 11.7 Å². The van der Waals surface area contributed by atoms with Crippen LogP contribution in [-0.4, -0.2) is 62.3 Å². The van der Waals surface area contributed by atoms with E-state index in [2.05, 4.69) is 10.00 Å². The van der Waals surface area contributed by atoms with Gasteiger partial charge < -0.3 is 9.47 Å². The third-order valence-corrected chi connectivity index (χ3v) is 7.27. The summed E-state index contributed by atoms with van der Waals surface area (Å²) in [6.07, 6.45) is 8.35. The molecule has 0 bridgehead atoms. The van der Waals surface area contributed by atoms with E-state index < -0.39 is 6.04 Å². The molecule has 7 heteroatoms. The maximum Gasteiger partial charge on any atom is 0.291 e. The van der Waals surface area contributed by atoms with E-state index in [1.165, 1.54) is 36.8 Å². The first-order chi connectivity index (χ1) is 15.1. The fourth-order valence-electron chi connectivity index (χ4n) is 5.52. The van der Waals surface area contributed by atoms with Crippen molar-refractivity contribution in [1.29, 1.82) is 0 Å². The van der Waals surface area contributed by atoms with Crippen molar-refractivity contribution in [2.75, 3.05) is 26.2 Å². The van der Waals surface area contributed by atoms with Crippen molar-refractivity contribution >= 4 is 27.7 Å². The van der Waals surface area contributed by atoms with Crippen molar-refractivity contribution in [3.63, 3.8) is 0 Å². The molecule has 2 aliphatic rings. The van der Waals surface area contributed by atoms with Crippen LogP contribution in [0, 0.1) is 0 Å². The topological polar surface area (TPSA) is 63.4 Å². The normalized spacial score (nSPS) is 19.9. The Labute approximate surface area is 182 Å². The number of carbonyl (C=O) groups is 1. The lowest BCUT2D eigenvalue weighted by atomic mass is 9.94. The van der Waals surface area contributed by atoms with Gasteiger partial charge in [0.2, 0.25) is 5.91 Å². The van der Waals surface area contributed by atoms with Crippen molar-refractivity contribution in [3.05, 3.63) is 40.8 Å². The monoisotopic (exact) mass is 421 g/mol. The number of aryl methyl sites for hydroxylation is 1. The highest BCUT2D eigenvalue weighted by Crippen LogP contribution is 2.30. The first kappa shape index (κ1) is 20.2. The summed E-state index contributed by atoms with van der Waals surface area (Å²) in [4.78, 5) is 31.1. The minimum absolute atomic E-state index is 0.0878. The number of aromatic nitrogens is 3. The molecule has 2 aromatic heterocycles. The van der Waals surface area contributed by atoms with E-state index in [1.807, 2.05) is 40.7 Å². The van der Waals surface area contributed by atoms with E-state index >= 15 is 0 Å². The van der Waals surface area contributed by atoms with Crippen molar-refractivity contribution < 1.29 is 4.79 Å². The summed E-state index contributed by atoms with van der Waals surface area (Å²) in [6.45, 7) is 5.33. The molecule has 3 heterocycles. The Balaban J connectivity index is 1.43. The third kappa shape index (κ3) is 3.45. The van der Waals surface area contributed by atoms with Crippen molar-refractivity contribution in [2.24, 2.45) is 7.05 Å². The van der Waals surface area contributed by atoms with Gasteiger partial charge in [0.25, 0.3) is 5.56 Å². The lowest BCUT2D eigenvalue weighted by molar-refractivity contribution is -0.136. The van der Waals surface area contributed by atoms with Gasteiger partial charge in [0, 0.05) is 50.0 Å². The molecule has 0 N–H and O–H groups in total. The van der Waals surface area contributed by atoms with Gasteiger partial charge in [-0.3, -0.25) is 14.5 Å². The minimum Gasteiger partial charge on any atom is -0.338 e. The van der Waals surface area contributed by atoms with Crippen LogP contribution in [0.15, 0.2) is 35.3 Å².